The molecule has 2 N–H and O–H groups in total. The van der Waals surface area contributed by atoms with Crippen LogP contribution in [0.3, 0.4) is 0 Å². The summed E-state index contributed by atoms with van der Waals surface area (Å²) in [5.74, 6) is -3.48. The molecule has 0 aliphatic heterocycles. The molecule has 0 fully saturated rings. The number of halogens is 3. The van der Waals surface area contributed by atoms with E-state index < -0.39 is 30.2 Å². The Balaban J connectivity index is 2.13. The number of fused-ring (bicyclic) bond motifs is 2. The van der Waals surface area contributed by atoms with Gasteiger partial charge in [-0.15, -0.1) is 0 Å². The van der Waals surface area contributed by atoms with Gasteiger partial charge in [-0.25, -0.2) is 13.2 Å². The number of H-pyrrole nitrogens is 1. The average Bonchev–Trinajstić information content (AvgIpc) is 3.23. The van der Waals surface area contributed by atoms with Gasteiger partial charge in [-0.1, -0.05) is 13.8 Å². The highest BCUT2D eigenvalue weighted by atomic mass is 19.2. The molecule has 5 nitrogen and oxygen atoms in total. The van der Waals surface area contributed by atoms with E-state index >= 15 is 4.39 Å². The van der Waals surface area contributed by atoms with Crippen LogP contribution >= 0.6 is 0 Å². The fraction of sp³-hybridized carbons (Fsp3) is 0.238. The molecule has 0 saturated heterocycles. The van der Waals surface area contributed by atoms with Crippen LogP contribution < -0.4 is 0 Å². The molecule has 0 aliphatic carbocycles. The molecule has 0 bridgehead atoms. The van der Waals surface area contributed by atoms with E-state index in [9.17, 15) is 13.6 Å². The predicted molar refractivity (Wildman–Crippen MR) is 103 cm³/mol. The Labute approximate surface area is 163 Å². The number of carboxylic acids is 1. The van der Waals surface area contributed by atoms with Crippen molar-refractivity contribution in [2.45, 2.75) is 32.4 Å². The van der Waals surface area contributed by atoms with Crippen molar-refractivity contribution in [2.75, 3.05) is 0 Å². The Hall–Kier alpha value is -3.29. The summed E-state index contributed by atoms with van der Waals surface area (Å²) in [5.41, 5.74) is 2.31. The molecule has 2 aromatic heterocycles. The molecule has 2 aromatic carbocycles. The van der Waals surface area contributed by atoms with Crippen molar-refractivity contribution in [3.63, 3.8) is 0 Å². The lowest BCUT2D eigenvalue weighted by molar-refractivity contribution is -0.138. The van der Waals surface area contributed by atoms with Gasteiger partial charge in [0, 0.05) is 33.8 Å². The number of alkyl halides is 1. The highest BCUT2D eigenvalue weighted by Crippen LogP contribution is 2.41. The molecule has 2 heterocycles. The minimum Gasteiger partial charge on any atom is -0.481 e. The molecule has 8 heteroatoms. The van der Waals surface area contributed by atoms with Crippen LogP contribution in [0.4, 0.5) is 13.2 Å². The standard InChI is InChI=1S/C21H18F3N3O2/c1-10(2)21-20(16(24)8-19(28)29)13-7-17-11(9-25-26-17)5-18(13)27(21)12-3-4-14(22)15(23)6-12/h3-7,9-10,16H,8H2,1-2H3,(H,25,26)(H,28,29)/t16-/m1/s1. The normalized spacial score (nSPS) is 12.9. The van der Waals surface area contributed by atoms with Gasteiger partial charge in [-0.3, -0.25) is 9.89 Å². The number of carbonyl (C=O) groups is 1. The fourth-order valence-corrected chi connectivity index (χ4v) is 3.82. The number of aliphatic carboxylic acids is 1. The van der Waals surface area contributed by atoms with Crippen LogP contribution in [0.25, 0.3) is 27.5 Å². The highest BCUT2D eigenvalue weighted by Gasteiger charge is 2.28. The zero-order valence-electron chi connectivity index (χ0n) is 15.7. The minimum atomic E-state index is -1.76. The van der Waals surface area contributed by atoms with Crippen LogP contribution in [0.15, 0.2) is 36.5 Å². The van der Waals surface area contributed by atoms with E-state index in [-0.39, 0.29) is 11.5 Å². The molecule has 0 amide bonds. The topological polar surface area (TPSA) is 70.9 Å². The summed E-state index contributed by atoms with van der Waals surface area (Å²) in [7, 11) is 0. The maximum Gasteiger partial charge on any atom is 0.306 e. The van der Waals surface area contributed by atoms with Crippen molar-refractivity contribution in [3.05, 3.63) is 59.4 Å². The van der Waals surface area contributed by atoms with Crippen molar-refractivity contribution < 1.29 is 23.1 Å². The van der Waals surface area contributed by atoms with E-state index in [4.69, 9.17) is 5.11 Å². The van der Waals surface area contributed by atoms with Crippen molar-refractivity contribution in [2.24, 2.45) is 0 Å². The van der Waals surface area contributed by atoms with Crippen LogP contribution in [-0.4, -0.2) is 25.8 Å². The van der Waals surface area contributed by atoms with E-state index in [1.807, 2.05) is 13.8 Å². The SMILES string of the molecule is CC(C)c1c([C@H](F)CC(=O)O)c2cc3[nH]ncc3cc2n1-c1ccc(F)c(F)c1. The maximum atomic E-state index is 15.2. The zero-order valence-corrected chi connectivity index (χ0v) is 15.7. The van der Waals surface area contributed by atoms with Gasteiger partial charge in [-0.2, -0.15) is 5.10 Å². The molecule has 1 atom stereocenters. The minimum absolute atomic E-state index is 0.214. The van der Waals surface area contributed by atoms with Crippen LogP contribution in [-0.2, 0) is 4.79 Å². The first-order valence-corrected chi connectivity index (χ1v) is 9.10. The number of hydrogen-bond acceptors (Lipinski definition) is 2. The molecule has 150 valence electrons. The van der Waals surface area contributed by atoms with Crippen LogP contribution in [0, 0.1) is 11.6 Å². The summed E-state index contributed by atoms with van der Waals surface area (Å²) in [6.07, 6.45) is -0.854. The third-order valence-corrected chi connectivity index (χ3v) is 4.98. The Kier molecular flexibility index (Phi) is 4.56. The zero-order chi connectivity index (χ0) is 20.9. The Bertz CT molecular complexity index is 1240. The number of aromatic nitrogens is 3. The number of nitrogens with one attached hydrogen (secondary N) is 1. The second-order valence-electron chi connectivity index (χ2n) is 7.28. The summed E-state index contributed by atoms with van der Waals surface area (Å²) in [4.78, 5) is 11.2. The number of carboxylic acid groups (broad SMARTS) is 1. The van der Waals surface area contributed by atoms with E-state index in [0.29, 0.717) is 27.8 Å². The second kappa shape index (κ2) is 6.95. The van der Waals surface area contributed by atoms with Gasteiger partial charge in [0.2, 0.25) is 0 Å². The summed E-state index contributed by atoms with van der Waals surface area (Å²) in [5, 5.41) is 17.2. The fourth-order valence-electron chi connectivity index (χ4n) is 3.82. The number of nitrogens with zero attached hydrogens (tertiary/aromatic N) is 2. The predicted octanol–water partition coefficient (Wildman–Crippen LogP) is 5.39. The van der Waals surface area contributed by atoms with E-state index in [0.717, 1.165) is 17.5 Å². The third kappa shape index (κ3) is 3.14. The number of benzene rings is 2. The lowest BCUT2D eigenvalue weighted by atomic mass is 9.97. The lowest BCUT2D eigenvalue weighted by Gasteiger charge is -2.17. The first-order valence-electron chi connectivity index (χ1n) is 9.10. The van der Waals surface area contributed by atoms with Gasteiger partial charge < -0.3 is 9.67 Å². The van der Waals surface area contributed by atoms with Gasteiger partial charge in [0.15, 0.2) is 11.6 Å². The van der Waals surface area contributed by atoms with Crippen molar-refractivity contribution >= 4 is 27.8 Å². The monoisotopic (exact) mass is 401 g/mol. The first-order chi connectivity index (χ1) is 13.8. The first kappa shape index (κ1) is 19.0. The Morgan fingerprint density at radius 1 is 1.21 bits per heavy atom. The van der Waals surface area contributed by atoms with Crippen LogP contribution in [0.2, 0.25) is 0 Å². The lowest BCUT2D eigenvalue weighted by Crippen LogP contribution is -2.08. The third-order valence-electron chi connectivity index (χ3n) is 4.98. The van der Waals surface area contributed by atoms with E-state index in [1.54, 1.807) is 22.9 Å². The Morgan fingerprint density at radius 3 is 2.62 bits per heavy atom. The highest BCUT2D eigenvalue weighted by molar-refractivity contribution is 5.99. The van der Waals surface area contributed by atoms with E-state index in [1.165, 1.54) is 6.07 Å². The van der Waals surface area contributed by atoms with Crippen molar-refractivity contribution in [1.29, 1.82) is 0 Å². The van der Waals surface area contributed by atoms with Crippen LogP contribution in [0.5, 0.6) is 0 Å². The van der Waals surface area contributed by atoms with Crippen LogP contribution in [0.1, 0.15) is 43.6 Å². The second-order valence-corrected chi connectivity index (χ2v) is 7.28. The average molecular weight is 401 g/mol. The molecule has 0 spiro atoms. The van der Waals surface area contributed by atoms with Gasteiger partial charge in [0.25, 0.3) is 0 Å². The number of aromatic amines is 1. The van der Waals surface area contributed by atoms with Gasteiger partial charge >= 0.3 is 5.97 Å². The molecular weight excluding hydrogens is 383 g/mol. The summed E-state index contributed by atoms with van der Waals surface area (Å²) in [6.45, 7) is 3.68. The number of hydrogen-bond donors (Lipinski definition) is 2. The molecule has 4 rings (SSSR count). The molecule has 0 saturated carbocycles. The van der Waals surface area contributed by atoms with Gasteiger partial charge in [0.05, 0.1) is 23.7 Å². The van der Waals surface area contributed by atoms with Gasteiger partial charge in [0.1, 0.15) is 6.17 Å². The smallest absolute Gasteiger partial charge is 0.306 e. The van der Waals surface area contributed by atoms with E-state index in [2.05, 4.69) is 10.2 Å². The summed E-state index contributed by atoms with van der Waals surface area (Å²) < 4.78 is 44.3. The largest absolute Gasteiger partial charge is 0.481 e. The molecule has 0 unspecified atom stereocenters. The summed E-state index contributed by atoms with van der Waals surface area (Å²) >= 11 is 0. The molecule has 0 aliphatic rings. The molecule has 0 radical (unpaired) electrons. The van der Waals surface area contributed by atoms with Crippen molar-refractivity contribution in [3.8, 4) is 5.69 Å². The molecule has 29 heavy (non-hydrogen) atoms. The van der Waals surface area contributed by atoms with Crippen molar-refractivity contribution in [1.82, 2.24) is 14.8 Å². The molecule has 4 aromatic rings. The summed E-state index contributed by atoms with van der Waals surface area (Å²) in [6, 6.07) is 6.97. The van der Waals surface area contributed by atoms with Gasteiger partial charge in [-0.05, 0) is 30.2 Å². The Morgan fingerprint density at radius 2 is 1.97 bits per heavy atom. The maximum absolute atomic E-state index is 15.2. The quantitative estimate of drug-likeness (QED) is 0.471. The molecular formula is C21H18F3N3O2. The number of rotatable bonds is 5.